The Kier molecular flexibility index (Phi) is 3.81. The summed E-state index contributed by atoms with van der Waals surface area (Å²) < 4.78 is 0. The molecule has 1 saturated carbocycles. The zero-order valence-corrected chi connectivity index (χ0v) is 10.5. The summed E-state index contributed by atoms with van der Waals surface area (Å²) in [7, 11) is 0. The Morgan fingerprint density at radius 2 is 2.41 bits per heavy atom. The molecule has 2 rings (SSSR count). The third-order valence-corrected chi connectivity index (χ3v) is 3.98. The number of amides is 1. The van der Waals surface area contributed by atoms with E-state index in [0.29, 0.717) is 6.42 Å². The number of carbonyl (C=O) groups is 1. The summed E-state index contributed by atoms with van der Waals surface area (Å²) >= 11 is 1.53. The van der Waals surface area contributed by atoms with Crippen LogP contribution >= 0.6 is 11.3 Å². The minimum atomic E-state index is -0.625. The molecule has 0 aliphatic heterocycles. The minimum absolute atomic E-state index is 0.0681. The van der Waals surface area contributed by atoms with Gasteiger partial charge in [0.1, 0.15) is 0 Å². The maximum Gasteiger partial charge on any atom is 0.221 e. The molecule has 1 unspecified atom stereocenters. The smallest absolute Gasteiger partial charge is 0.221 e. The summed E-state index contributed by atoms with van der Waals surface area (Å²) in [5, 5.41) is 16.3. The molecule has 1 heterocycles. The topological polar surface area (TPSA) is 75.4 Å². The first-order chi connectivity index (χ1) is 8.09. The van der Waals surface area contributed by atoms with E-state index in [0.717, 1.165) is 24.8 Å². The van der Waals surface area contributed by atoms with Crippen molar-refractivity contribution in [2.45, 2.75) is 37.3 Å². The van der Waals surface area contributed by atoms with Gasteiger partial charge in [-0.05, 0) is 41.7 Å². The molecule has 0 aromatic carbocycles. The van der Waals surface area contributed by atoms with Crippen molar-refractivity contribution < 1.29 is 9.90 Å². The van der Waals surface area contributed by atoms with Crippen LogP contribution < -0.4 is 11.1 Å². The lowest BCUT2D eigenvalue weighted by Crippen LogP contribution is -2.50. The number of aliphatic hydroxyl groups excluding tert-OH is 1. The molecule has 0 bridgehead atoms. The fourth-order valence-corrected chi connectivity index (χ4v) is 2.69. The average molecular weight is 254 g/mol. The summed E-state index contributed by atoms with van der Waals surface area (Å²) in [6.07, 6.45) is 2.70. The molecule has 1 aromatic heterocycles. The quantitative estimate of drug-likeness (QED) is 0.738. The standard InChI is InChI=1S/C12H18N2O2S/c13-12(3-1-4-12)6-11(16)14-7-10(15)9-2-5-17-8-9/h2,5,8,10,15H,1,3-4,6-7,13H2,(H,14,16). The molecule has 4 N–H and O–H groups in total. The third kappa shape index (κ3) is 3.28. The van der Waals surface area contributed by atoms with Crippen LogP contribution in [0.2, 0.25) is 0 Å². The van der Waals surface area contributed by atoms with Gasteiger partial charge in [-0.3, -0.25) is 4.79 Å². The van der Waals surface area contributed by atoms with Gasteiger partial charge < -0.3 is 16.2 Å². The largest absolute Gasteiger partial charge is 0.387 e. The molecule has 1 aliphatic carbocycles. The second-order valence-electron chi connectivity index (χ2n) is 4.77. The number of thiophene rings is 1. The van der Waals surface area contributed by atoms with Crippen LogP contribution in [0.15, 0.2) is 16.8 Å². The molecular weight excluding hydrogens is 236 g/mol. The summed E-state index contributed by atoms with van der Waals surface area (Å²) in [5.41, 5.74) is 6.54. The van der Waals surface area contributed by atoms with Gasteiger partial charge in [0.2, 0.25) is 5.91 Å². The second kappa shape index (κ2) is 5.16. The van der Waals surface area contributed by atoms with Crippen LogP contribution in [0, 0.1) is 0 Å². The molecule has 1 aromatic rings. The van der Waals surface area contributed by atoms with Crippen LogP contribution in [-0.2, 0) is 4.79 Å². The molecule has 1 fully saturated rings. The van der Waals surface area contributed by atoms with Crippen molar-refractivity contribution in [1.29, 1.82) is 0 Å². The van der Waals surface area contributed by atoms with E-state index >= 15 is 0 Å². The lowest BCUT2D eigenvalue weighted by Gasteiger charge is -2.37. The molecule has 0 saturated heterocycles. The van der Waals surface area contributed by atoms with E-state index in [1.807, 2.05) is 16.8 Å². The van der Waals surface area contributed by atoms with Crippen molar-refractivity contribution in [3.63, 3.8) is 0 Å². The summed E-state index contributed by atoms with van der Waals surface area (Å²) in [6, 6.07) is 1.86. The number of aliphatic hydroxyl groups is 1. The number of rotatable bonds is 5. The zero-order valence-electron chi connectivity index (χ0n) is 9.69. The van der Waals surface area contributed by atoms with E-state index in [1.165, 1.54) is 11.3 Å². The molecule has 94 valence electrons. The summed E-state index contributed by atoms with van der Waals surface area (Å²) in [4.78, 5) is 11.6. The van der Waals surface area contributed by atoms with Gasteiger partial charge in [0, 0.05) is 18.5 Å². The molecule has 0 radical (unpaired) electrons. The van der Waals surface area contributed by atoms with Crippen molar-refractivity contribution >= 4 is 17.2 Å². The third-order valence-electron chi connectivity index (χ3n) is 3.28. The van der Waals surface area contributed by atoms with E-state index in [9.17, 15) is 9.90 Å². The fourth-order valence-electron chi connectivity index (χ4n) is 1.98. The van der Waals surface area contributed by atoms with Gasteiger partial charge in [0.05, 0.1) is 6.10 Å². The summed E-state index contributed by atoms with van der Waals surface area (Å²) in [5.74, 6) is -0.0681. The minimum Gasteiger partial charge on any atom is -0.387 e. The lowest BCUT2D eigenvalue weighted by atomic mass is 9.75. The van der Waals surface area contributed by atoms with Gasteiger partial charge >= 0.3 is 0 Å². The Labute approximate surface area is 105 Å². The van der Waals surface area contributed by atoms with Crippen LogP contribution in [0.1, 0.15) is 37.4 Å². The maximum absolute atomic E-state index is 11.6. The first-order valence-electron chi connectivity index (χ1n) is 5.85. The number of nitrogens with one attached hydrogen (secondary N) is 1. The Hall–Kier alpha value is -0.910. The van der Waals surface area contributed by atoms with E-state index in [4.69, 9.17) is 5.73 Å². The van der Waals surface area contributed by atoms with Crippen LogP contribution in [0.4, 0.5) is 0 Å². The number of hydrogen-bond acceptors (Lipinski definition) is 4. The first-order valence-corrected chi connectivity index (χ1v) is 6.79. The van der Waals surface area contributed by atoms with Gasteiger partial charge in [-0.15, -0.1) is 0 Å². The van der Waals surface area contributed by atoms with Gasteiger partial charge in [0.15, 0.2) is 0 Å². The molecule has 1 atom stereocenters. The SMILES string of the molecule is NC1(CC(=O)NCC(O)c2ccsc2)CCC1. The Bertz CT molecular complexity index is 374. The Morgan fingerprint density at radius 1 is 1.65 bits per heavy atom. The van der Waals surface area contributed by atoms with Crippen molar-refractivity contribution in [1.82, 2.24) is 5.32 Å². The number of carbonyl (C=O) groups excluding carboxylic acids is 1. The molecular formula is C12H18N2O2S. The predicted octanol–water partition coefficient (Wildman–Crippen LogP) is 1.17. The van der Waals surface area contributed by atoms with Crippen molar-refractivity contribution in [3.8, 4) is 0 Å². The van der Waals surface area contributed by atoms with Crippen molar-refractivity contribution in [2.75, 3.05) is 6.54 Å². The second-order valence-corrected chi connectivity index (χ2v) is 5.55. The summed E-state index contributed by atoms with van der Waals surface area (Å²) in [6.45, 7) is 0.256. The Morgan fingerprint density at radius 3 is 2.94 bits per heavy atom. The van der Waals surface area contributed by atoms with E-state index in [1.54, 1.807) is 0 Å². The van der Waals surface area contributed by atoms with Crippen molar-refractivity contribution in [3.05, 3.63) is 22.4 Å². The molecule has 5 heteroatoms. The van der Waals surface area contributed by atoms with Crippen LogP contribution in [-0.4, -0.2) is 23.1 Å². The van der Waals surface area contributed by atoms with E-state index in [2.05, 4.69) is 5.32 Å². The van der Waals surface area contributed by atoms with Gasteiger partial charge in [-0.2, -0.15) is 11.3 Å². The molecule has 1 amide bonds. The highest BCUT2D eigenvalue weighted by Gasteiger charge is 2.34. The Balaban J connectivity index is 1.72. The average Bonchev–Trinajstić information content (AvgIpc) is 2.77. The molecule has 0 spiro atoms. The molecule has 1 aliphatic rings. The normalized spacial score (nSPS) is 19.4. The number of hydrogen-bond donors (Lipinski definition) is 3. The lowest BCUT2D eigenvalue weighted by molar-refractivity contribution is -0.123. The van der Waals surface area contributed by atoms with Gasteiger partial charge in [0.25, 0.3) is 0 Å². The predicted molar refractivity (Wildman–Crippen MR) is 67.7 cm³/mol. The highest BCUT2D eigenvalue weighted by Crippen LogP contribution is 2.31. The maximum atomic E-state index is 11.6. The van der Waals surface area contributed by atoms with E-state index in [-0.39, 0.29) is 18.0 Å². The number of nitrogens with two attached hydrogens (primary N) is 1. The highest BCUT2D eigenvalue weighted by molar-refractivity contribution is 7.07. The fraction of sp³-hybridized carbons (Fsp3) is 0.583. The van der Waals surface area contributed by atoms with Gasteiger partial charge in [-0.25, -0.2) is 0 Å². The van der Waals surface area contributed by atoms with Crippen molar-refractivity contribution in [2.24, 2.45) is 5.73 Å². The van der Waals surface area contributed by atoms with Crippen LogP contribution in [0.5, 0.6) is 0 Å². The molecule has 17 heavy (non-hydrogen) atoms. The molecule has 4 nitrogen and oxygen atoms in total. The monoisotopic (exact) mass is 254 g/mol. The zero-order chi connectivity index (χ0) is 12.3. The van der Waals surface area contributed by atoms with Gasteiger partial charge in [-0.1, -0.05) is 0 Å². The van der Waals surface area contributed by atoms with Crippen LogP contribution in [0.3, 0.4) is 0 Å². The van der Waals surface area contributed by atoms with Crippen LogP contribution in [0.25, 0.3) is 0 Å². The highest BCUT2D eigenvalue weighted by atomic mass is 32.1. The first kappa shape index (κ1) is 12.5. The van der Waals surface area contributed by atoms with E-state index < -0.39 is 6.10 Å².